The Morgan fingerprint density at radius 2 is 1.78 bits per heavy atom. The van der Waals surface area contributed by atoms with Crippen LogP contribution < -0.4 is 17.0 Å². The summed E-state index contributed by atoms with van der Waals surface area (Å²) < 4.78 is 1.96. The van der Waals surface area contributed by atoms with Crippen molar-refractivity contribution >= 4 is 16.5 Å². The van der Waals surface area contributed by atoms with Crippen LogP contribution >= 0.6 is 11.3 Å². The molecular formula is C15H14N4O3S. The zero-order valence-electron chi connectivity index (χ0n) is 12.5. The molecule has 2 aromatic heterocycles. The Bertz CT molecular complexity index is 1000. The molecule has 0 aliphatic heterocycles. The second-order valence-electron chi connectivity index (χ2n) is 5.00. The fraction of sp³-hybridized carbons (Fsp3) is 0.133. The van der Waals surface area contributed by atoms with Gasteiger partial charge in [-0.1, -0.05) is 41.7 Å². The van der Waals surface area contributed by atoms with Crippen LogP contribution in [0.15, 0.2) is 39.9 Å². The Kier molecular flexibility index (Phi) is 3.53. The van der Waals surface area contributed by atoms with E-state index in [4.69, 9.17) is 5.73 Å². The maximum atomic E-state index is 12.5. The van der Waals surface area contributed by atoms with Gasteiger partial charge in [-0.25, -0.2) is 9.78 Å². The van der Waals surface area contributed by atoms with Crippen LogP contribution in [0.2, 0.25) is 0 Å². The molecule has 3 rings (SSSR count). The van der Waals surface area contributed by atoms with E-state index in [2.05, 4.69) is 4.98 Å². The molecular weight excluding hydrogens is 316 g/mol. The monoisotopic (exact) mass is 330 g/mol. The van der Waals surface area contributed by atoms with E-state index in [0.29, 0.717) is 10.6 Å². The van der Waals surface area contributed by atoms with Gasteiger partial charge in [-0.05, 0) is 0 Å². The minimum absolute atomic E-state index is 0.0163. The number of aromatic nitrogens is 3. The fourth-order valence-electron chi connectivity index (χ4n) is 2.33. The predicted octanol–water partition coefficient (Wildman–Crippen LogP) is 1.16. The second-order valence-corrected chi connectivity index (χ2v) is 6.03. The number of thiazole rings is 1. The third-order valence-corrected chi connectivity index (χ3v) is 4.45. The lowest BCUT2D eigenvalue weighted by atomic mass is 10.1. The van der Waals surface area contributed by atoms with Crippen molar-refractivity contribution in [1.82, 2.24) is 14.1 Å². The summed E-state index contributed by atoms with van der Waals surface area (Å²) in [6.07, 6.45) is 0. The van der Waals surface area contributed by atoms with Crippen LogP contribution in [0.1, 0.15) is 0 Å². The highest BCUT2D eigenvalue weighted by atomic mass is 32.1. The Hall–Kier alpha value is -2.87. The summed E-state index contributed by atoms with van der Waals surface area (Å²) in [6, 6.07) is 9.21. The van der Waals surface area contributed by atoms with Crippen molar-refractivity contribution in [2.24, 2.45) is 14.1 Å². The number of aromatic hydroxyl groups is 1. The van der Waals surface area contributed by atoms with Crippen LogP contribution in [-0.4, -0.2) is 19.2 Å². The summed E-state index contributed by atoms with van der Waals surface area (Å²) >= 11 is 1.09. The van der Waals surface area contributed by atoms with E-state index in [1.165, 1.54) is 14.1 Å². The molecule has 0 aliphatic carbocycles. The predicted molar refractivity (Wildman–Crippen MR) is 89.5 cm³/mol. The normalized spacial score (nSPS) is 10.9. The number of anilines is 1. The third kappa shape index (κ3) is 2.33. The van der Waals surface area contributed by atoms with Crippen molar-refractivity contribution in [2.75, 3.05) is 5.73 Å². The van der Waals surface area contributed by atoms with Crippen molar-refractivity contribution in [2.45, 2.75) is 0 Å². The molecule has 2 heterocycles. The summed E-state index contributed by atoms with van der Waals surface area (Å²) in [6.45, 7) is 0. The number of benzene rings is 1. The molecule has 0 unspecified atom stereocenters. The van der Waals surface area contributed by atoms with E-state index >= 15 is 0 Å². The molecule has 23 heavy (non-hydrogen) atoms. The van der Waals surface area contributed by atoms with Gasteiger partial charge in [0.05, 0.1) is 10.6 Å². The Morgan fingerprint density at radius 3 is 2.43 bits per heavy atom. The van der Waals surface area contributed by atoms with Crippen molar-refractivity contribution < 1.29 is 5.11 Å². The van der Waals surface area contributed by atoms with E-state index in [9.17, 15) is 14.7 Å². The van der Waals surface area contributed by atoms with Crippen LogP contribution in [0, 0.1) is 0 Å². The average Bonchev–Trinajstić information content (AvgIpc) is 2.93. The van der Waals surface area contributed by atoms with Gasteiger partial charge < -0.3 is 10.8 Å². The highest BCUT2D eigenvalue weighted by Crippen LogP contribution is 2.39. The van der Waals surface area contributed by atoms with Crippen LogP contribution in [0.4, 0.5) is 5.13 Å². The molecule has 3 aromatic rings. The van der Waals surface area contributed by atoms with Crippen LogP contribution in [0.25, 0.3) is 21.7 Å². The van der Waals surface area contributed by atoms with Gasteiger partial charge in [-0.2, -0.15) is 0 Å². The highest BCUT2D eigenvalue weighted by molar-refractivity contribution is 7.19. The zero-order chi connectivity index (χ0) is 16.7. The molecule has 8 heteroatoms. The van der Waals surface area contributed by atoms with E-state index in [-0.39, 0.29) is 10.7 Å². The second kappa shape index (κ2) is 5.40. The molecule has 0 amide bonds. The van der Waals surface area contributed by atoms with E-state index in [0.717, 1.165) is 26.0 Å². The van der Waals surface area contributed by atoms with Gasteiger partial charge in [-0.3, -0.25) is 13.9 Å². The van der Waals surface area contributed by atoms with E-state index in [1.54, 1.807) is 0 Å². The molecule has 0 radical (unpaired) electrons. The zero-order valence-corrected chi connectivity index (χ0v) is 13.3. The average molecular weight is 330 g/mol. The van der Waals surface area contributed by atoms with Crippen molar-refractivity contribution in [3.05, 3.63) is 51.2 Å². The number of hydrogen-bond donors (Lipinski definition) is 2. The topological polar surface area (TPSA) is 103 Å². The first-order valence-electron chi connectivity index (χ1n) is 6.73. The van der Waals surface area contributed by atoms with E-state index < -0.39 is 17.1 Å². The van der Waals surface area contributed by atoms with E-state index in [1.807, 2.05) is 30.3 Å². The summed E-state index contributed by atoms with van der Waals surface area (Å²) in [5, 5.41) is 10.6. The Morgan fingerprint density at radius 1 is 1.13 bits per heavy atom. The SMILES string of the molecule is Cn1c(O)c(-c2sc(N)nc2-c2ccccc2)c(=O)n(C)c1=O. The smallest absolute Gasteiger partial charge is 0.333 e. The number of nitrogens with two attached hydrogens (primary N) is 1. The number of hydrogen-bond acceptors (Lipinski definition) is 6. The molecule has 0 spiro atoms. The van der Waals surface area contributed by atoms with Gasteiger partial charge in [0.2, 0.25) is 5.88 Å². The van der Waals surface area contributed by atoms with Crippen LogP contribution in [-0.2, 0) is 14.1 Å². The standard InChI is InChI=1S/C15H14N4O3S/c1-18-12(20)9(13(21)19(2)15(18)22)11-10(17-14(16)23-11)8-6-4-3-5-7-8/h3-7,20H,1-2H3,(H2,16,17). The molecule has 1 aromatic carbocycles. The molecule has 0 fully saturated rings. The van der Waals surface area contributed by atoms with Gasteiger partial charge in [0.15, 0.2) is 5.13 Å². The molecule has 0 atom stereocenters. The van der Waals surface area contributed by atoms with Gasteiger partial charge in [0.25, 0.3) is 5.56 Å². The van der Waals surface area contributed by atoms with Crippen molar-refractivity contribution in [3.63, 3.8) is 0 Å². The first kappa shape index (κ1) is 15.0. The number of nitrogen functional groups attached to an aromatic ring is 1. The van der Waals surface area contributed by atoms with Gasteiger partial charge in [-0.15, -0.1) is 0 Å². The lowest BCUT2D eigenvalue weighted by molar-refractivity contribution is 0.415. The molecule has 7 nitrogen and oxygen atoms in total. The molecule has 0 bridgehead atoms. The maximum Gasteiger partial charge on any atom is 0.333 e. The molecule has 0 saturated carbocycles. The molecule has 118 valence electrons. The molecule has 0 aliphatic rings. The van der Waals surface area contributed by atoms with Gasteiger partial charge in [0, 0.05) is 19.7 Å². The minimum atomic E-state index is -0.602. The first-order valence-corrected chi connectivity index (χ1v) is 7.54. The minimum Gasteiger partial charge on any atom is -0.494 e. The fourth-order valence-corrected chi connectivity index (χ4v) is 3.22. The van der Waals surface area contributed by atoms with Crippen molar-refractivity contribution in [3.8, 4) is 27.6 Å². The quantitative estimate of drug-likeness (QED) is 0.734. The van der Waals surface area contributed by atoms with Crippen LogP contribution in [0.3, 0.4) is 0 Å². The summed E-state index contributed by atoms with van der Waals surface area (Å²) in [4.78, 5) is 29.1. The summed E-state index contributed by atoms with van der Waals surface area (Å²) in [7, 11) is 2.76. The van der Waals surface area contributed by atoms with Gasteiger partial charge in [0.1, 0.15) is 5.56 Å². The lowest BCUT2D eigenvalue weighted by Gasteiger charge is -2.10. The Labute approximate surface area is 134 Å². The largest absolute Gasteiger partial charge is 0.494 e. The highest BCUT2D eigenvalue weighted by Gasteiger charge is 2.23. The first-order chi connectivity index (χ1) is 10.9. The number of rotatable bonds is 2. The maximum absolute atomic E-state index is 12.5. The summed E-state index contributed by atoms with van der Waals surface area (Å²) in [5.74, 6) is -0.404. The third-order valence-electron chi connectivity index (χ3n) is 3.55. The lowest BCUT2D eigenvalue weighted by Crippen LogP contribution is -2.37. The van der Waals surface area contributed by atoms with Crippen LogP contribution in [0.5, 0.6) is 5.88 Å². The Balaban J connectivity index is 2.39. The number of nitrogens with zero attached hydrogens (tertiary/aromatic N) is 3. The molecule has 3 N–H and O–H groups in total. The summed E-state index contributed by atoms with van der Waals surface area (Å²) in [5.41, 5.74) is 5.90. The molecule has 0 saturated heterocycles. The van der Waals surface area contributed by atoms with Crippen molar-refractivity contribution in [1.29, 1.82) is 0 Å². The van der Waals surface area contributed by atoms with Gasteiger partial charge >= 0.3 is 5.69 Å².